The number of aryl methyl sites for hydroxylation is 1. The van der Waals surface area contributed by atoms with E-state index in [9.17, 15) is 22.4 Å². The van der Waals surface area contributed by atoms with Gasteiger partial charge in [0.25, 0.3) is 5.91 Å². The van der Waals surface area contributed by atoms with Crippen molar-refractivity contribution >= 4 is 5.91 Å². The maximum absolute atomic E-state index is 13.0. The number of carbonyl (C=O) groups excluding carboxylic acids is 1. The minimum Gasteiger partial charge on any atom is -0.341 e. The molecule has 1 rings (SSSR count). The smallest absolute Gasteiger partial charge is 0.341 e. The number of benzene rings is 1. The van der Waals surface area contributed by atoms with Crippen molar-refractivity contribution in [3.63, 3.8) is 0 Å². The topological polar surface area (TPSA) is 20.3 Å². The minimum atomic E-state index is -4.30. The molecule has 1 aromatic rings. The molecule has 0 aliphatic carbocycles. The van der Waals surface area contributed by atoms with Crippen LogP contribution in [0.1, 0.15) is 22.3 Å². The Morgan fingerprint density at radius 2 is 1.94 bits per heavy atom. The molecule has 100 valence electrons. The summed E-state index contributed by atoms with van der Waals surface area (Å²) < 4.78 is 49.0. The lowest BCUT2D eigenvalue weighted by atomic mass is 10.1. The Morgan fingerprint density at radius 3 is 2.44 bits per heavy atom. The Morgan fingerprint density at radius 1 is 1.33 bits per heavy atom. The van der Waals surface area contributed by atoms with E-state index in [1.807, 2.05) is 0 Å². The van der Waals surface area contributed by atoms with Crippen molar-refractivity contribution in [2.45, 2.75) is 19.5 Å². The Kier molecular flexibility index (Phi) is 4.32. The molecule has 2 nitrogen and oxygen atoms in total. The van der Waals surface area contributed by atoms with Gasteiger partial charge in [0.15, 0.2) is 0 Å². The summed E-state index contributed by atoms with van der Waals surface area (Å²) in [4.78, 5) is 12.7. The molecule has 0 bridgehead atoms. The molecule has 0 fully saturated rings. The first-order valence-electron chi connectivity index (χ1n) is 5.29. The molecule has 0 atom stereocenters. The Bertz CT molecular complexity index is 442. The molecule has 0 saturated heterocycles. The van der Waals surface area contributed by atoms with E-state index in [2.05, 4.69) is 0 Å². The van der Waals surface area contributed by atoms with Crippen LogP contribution in [0.4, 0.5) is 17.6 Å². The maximum Gasteiger partial charge on any atom is 0.390 e. The van der Waals surface area contributed by atoms with Crippen LogP contribution in [0.2, 0.25) is 0 Å². The van der Waals surface area contributed by atoms with E-state index in [0.717, 1.165) is 11.0 Å². The zero-order valence-corrected chi connectivity index (χ0v) is 10.0. The lowest BCUT2D eigenvalue weighted by Crippen LogP contribution is -2.30. The van der Waals surface area contributed by atoms with E-state index < -0.39 is 30.9 Å². The van der Waals surface area contributed by atoms with Crippen LogP contribution in [0.15, 0.2) is 18.2 Å². The second-order valence-electron chi connectivity index (χ2n) is 4.06. The third-order valence-electron chi connectivity index (χ3n) is 2.48. The predicted octanol–water partition coefficient (Wildman–Crippen LogP) is 3.16. The number of alkyl halides is 3. The average Bonchev–Trinajstić information content (AvgIpc) is 2.27. The summed E-state index contributed by atoms with van der Waals surface area (Å²) in [5.74, 6) is -1.01. The zero-order valence-electron chi connectivity index (χ0n) is 10.0. The van der Waals surface area contributed by atoms with Crippen LogP contribution in [0.25, 0.3) is 0 Å². The largest absolute Gasteiger partial charge is 0.390 e. The van der Waals surface area contributed by atoms with Gasteiger partial charge in [0.05, 0.1) is 6.42 Å². The molecular weight excluding hydrogens is 250 g/mol. The zero-order chi connectivity index (χ0) is 13.9. The van der Waals surface area contributed by atoms with Crippen LogP contribution >= 0.6 is 0 Å². The molecule has 1 aromatic carbocycles. The van der Waals surface area contributed by atoms with E-state index in [1.165, 1.54) is 26.1 Å². The Hall–Kier alpha value is -1.59. The van der Waals surface area contributed by atoms with Gasteiger partial charge in [0.1, 0.15) is 5.82 Å². The number of hydrogen-bond acceptors (Lipinski definition) is 1. The van der Waals surface area contributed by atoms with Crippen LogP contribution in [0.3, 0.4) is 0 Å². The van der Waals surface area contributed by atoms with Crippen molar-refractivity contribution in [3.05, 3.63) is 35.1 Å². The highest BCUT2D eigenvalue weighted by atomic mass is 19.4. The molecule has 0 N–H and O–H groups in total. The van der Waals surface area contributed by atoms with Gasteiger partial charge in [0.2, 0.25) is 0 Å². The summed E-state index contributed by atoms with van der Waals surface area (Å²) in [5.41, 5.74) is 0.462. The van der Waals surface area contributed by atoms with Crippen LogP contribution in [-0.4, -0.2) is 30.6 Å². The highest BCUT2D eigenvalue weighted by Gasteiger charge is 2.28. The molecule has 1 amide bonds. The van der Waals surface area contributed by atoms with Gasteiger partial charge in [-0.15, -0.1) is 0 Å². The summed E-state index contributed by atoms with van der Waals surface area (Å²) >= 11 is 0. The fourth-order valence-electron chi connectivity index (χ4n) is 1.39. The van der Waals surface area contributed by atoms with Gasteiger partial charge in [-0.1, -0.05) is 0 Å². The number of halogens is 4. The SMILES string of the molecule is Cc1cc(C(=O)N(C)CCC(F)(F)F)ccc1F. The van der Waals surface area contributed by atoms with Gasteiger partial charge >= 0.3 is 6.18 Å². The number of amides is 1. The first-order valence-corrected chi connectivity index (χ1v) is 5.29. The van der Waals surface area contributed by atoms with Crippen LogP contribution in [-0.2, 0) is 0 Å². The van der Waals surface area contributed by atoms with E-state index in [1.54, 1.807) is 0 Å². The second-order valence-corrected chi connectivity index (χ2v) is 4.06. The van der Waals surface area contributed by atoms with Crippen LogP contribution in [0.5, 0.6) is 0 Å². The summed E-state index contributed by atoms with van der Waals surface area (Å²) in [6, 6.07) is 3.71. The lowest BCUT2D eigenvalue weighted by Gasteiger charge is -2.18. The van der Waals surface area contributed by atoms with Crippen molar-refractivity contribution in [1.82, 2.24) is 4.90 Å². The molecule has 0 aliphatic heterocycles. The van der Waals surface area contributed by atoms with Gasteiger partial charge in [-0.3, -0.25) is 4.79 Å². The standard InChI is InChI=1S/C12H13F4NO/c1-8-7-9(3-4-10(8)13)11(18)17(2)6-5-12(14,15)16/h3-4,7H,5-6H2,1-2H3. The van der Waals surface area contributed by atoms with Gasteiger partial charge in [-0.25, -0.2) is 4.39 Å². The van der Waals surface area contributed by atoms with Crippen molar-refractivity contribution in [3.8, 4) is 0 Å². The van der Waals surface area contributed by atoms with Gasteiger partial charge in [-0.05, 0) is 30.7 Å². The highest BCUT2D eigenvalue weighted by Crippen LogP contribution is 2.20. The molecule has 18 heavy (non-hydrogen) atoms. The lowest BCUT2D eigenvalue weighted by molar-refractivity contribution is -0.136. The summed E-state index contributed by atoms with van der Waals surface area (Å²) in [6.45, 7) is 1.07. The first-order chi connectivity index (χ1) is 8.20. The van der Waals surface area contributed by atoms with Gasteiger partial charge in [-0.2, -0.15) is 13.2 Å². The minimum absolute atomic E-state index is 0.179. The molecule has 0 saturated carbocycles. The highest BCUT2D eigenvalue weighted by molar-refractivity contribution is 5.94. The van der Waals surface area contributed by atoms with Crippen molar-refractivity contribution in [1.29, 1.82) is 0 Å². The molecule has 0 spiro atoms. The first kappa shape index (κ1) is 14.5. The molecule has 6 heteroatoms. The van der Waals surface area contributed by atoms with Crippen LogP contribution < -0.4 is 0 Å². The monoisotopic (exact) mass is 263 g/mol. The van der Waals surface area contributed by atoms with E-state index >= 15 is 0 Å². The molecular formula is C12H13F4NO. The summed E-state index contributed by atoms with van der Waals surface area (Å²) in [7, 11) is 1.28. The molecule has 0 aliphatic rings. The molecule has 0 heterocycles. The molecule has 0 radical (unpaired) electrons. The maximum atomic E-state index is 13.0. The fraction of sp³-hybridized carbons (Fsp3) is 0.417. The fourth-order valence-corrected chi connectivity index (χ4v) is 1.39. The predicted molar refractivity (Wildman–Crippen MR) is 58.8 cm³/mol. The Labute approximate surface area is 102 Å². The number of rotatable bonds is 3. The van der Waals surface area contributed by atoms with E-state index in [4.69, 9.17) is 0 Å². The quantitative estimate of drug-likeness (QED) is 0.767. The third-order valence-corrected chi connectivity index (χ3v) is 2.48. The summed E-state index contributed by atoms with van der Waals surface area (Å²) in [5, 5.41) is 0. The number of hydrogen-bond donors (Lipinski definition) is 0. The third kappa shape index (κ3) is 4.01. The van der Waals surface area contributed by atoms with Crippen molar-refractivity contribution in [2.75, 3.05) is 13.6 Å². The summed E-state index contributed by atoms with van der Waals surface area (Å²) in [6.07, 6.45) is -5.36. The normalized spacial score (nSPS) is 11.4. The Balaban J connectivity index is 2.71. The van der Waals surface area contributed by atoms with Crippen molar-refractivity contribution < 1.29 is 22.4 Å². The molecule has 0 aromatic heterocycles. The number of carbonyl (C=O) groups is 1. The van der Waals surface area contributed by atoms with E-state index in [-0.39, 0.29) is 11.1 Å². The molecule has 0 unspecified atom stereocenters. The number of nitrogens with zero attached hydrogens (tertiary/aromatic N) is 1. The van der Waals surface area contributed by atoms with E-state index in [0.29, 0.717) is 0 Å². The van der Waals surface area contributed by atoms with Crippen LogP contribution in [0, 0.1) is 12.7 Å². The van der Waals surface area contributed by atoms with Gasteiger partial charge < -0.3 is 4.90 Å². The van der Waals surface area contributed by atoms with Crippen molar-refractivity contribution in [2.24, 2.45) is 0 Å². The van der Waals surface area contributed by atoms with Gasteiger partial charge in [0, 0.05) is 19.2 Å². The average molecular weight is 263 g/mol. The second kappa shape index (κ2) is 5.37.